The van der Waals surface area contributed by atoms with Crippen LogP contribution in [0.2, 0.25) is 0 Å². The Morgan fingerprint density at radius 1 is 1.31 bits per heavy atom. The van der Waals surface area contributed by atoms with Gasteiger partial charge in [-0.1, -0.05) is 11.3 Å². The average Bonchev–Trinajstić information content (AvgIpc) is 3.28. The van der Waals surface area contributed by atoms with E-state index in [0.717, 1.165) is 30.1 Å². The second kappa shape index (κ2) is 11.2. The number of aromatic nitrogens is 3. The fraction of sp³-hybridized carbons (Fsp3) is 0.696. The molecule has 4 rings (SSSR count). The molecular weight excluding hydrogens is 486 g/mol. The van der Waals surface area contributed by atoms with Gasteiger partial charge in [-0.25, -0.2) is 18.2 Å². The molecule has 0 spiro atoms. The highest BCUT2D eigenvalue weighted by molar-refractivity contribution is 7.13. The molecule has 3 heterocycles. The summed E-state index contributed by atoms with van der Waals surface area (Å²) in [5.74, 6) is -0.921. The van der Waals surface area contributed by atoms with Gasteiger partial charge in [-0.15, -0.1) is 5.10 Å². The van der Waals surface area contributed by atoms with Crippen molar-refractivity contribution in [2.45, 2.75) is 69.5 Å². The number of halogens is 4. The van der Waals surface area contributed by atoms with E-state index in [4.69, 9.17) is 4.74 Å². The van der Waals surface area contributed by atoms with E-state index in [1.165, 1.54) is 22.2 Å². The lowest BCUT2D eigenvalue weighted by Gasteiger charge is -2.35. The molecule has 0 unspecified atom stereocenters. The molecule has 0 bridgehead atoms. The second-order valence-electron chi connectivity index (χ2n) is 9.43. The van der Waals surface area contributed by atoms with Crippen molar-refractivity contribution >= 4 is 17.2 Å². The Hall–Kier alpha value is -2.21. The number of alkyl halides is 3. The predicted molar refractivity (Wildman–Crippen MR) is 123 cm³/mol. The van der Waals surface area contributed by atoms with Crippen molar-refractivity contribution < 1.29 is 27.1 Å². The van der Waals surface area contributed by atoms with Gasteiger partial charge in [0.2, 0.25) is 11.9 Å². The van der Waals surface area contributed by atoms with Gasteiger partial charge in [0, 0.05) is 55.8 Å². The summed E-state index contributed by atoms with van der Waals surface area (Å²) in [6.45, 7) is 1.50. The molecule has 1 N–H and O–H groups in total. The first-order valence-electron chi connectivity index (χ1n) is 12.0. The summed E-state index contributed by atoms with van der Waals surface area (Å²) in [6.07, 6.45) is 2.63. The summed E-state index contributed by atoms with van der Waals surface area (Å²) in [6, 6.07) is -0.104. The smallest absolute Gasteiger partial charge is 0.273 e. The van der Waals surface area contributed by atoms with Crippen LogP contribution < -0.4 is 10.1 Å². The first-order chi connectivity index (χ1) is 16.7. The topological polar surface area (TPSA) is 72.3 Å². The van der Waals surface area contributed by atoms with E-state index in [9.17, 15) is 18.0 Å². The number of thiazole rings is 1. The molecule has 0 radical (unpaired) electrons. The fourth-order valence-electron chi connectivity index (χ4n) is 4.77. The number of carbonyl (C=O) groups excluding carboxylic acids is 1. The third-order valence-corrected chi connectivity index (χ3v) is 7.81. The van der Waals surface area contributed by atoms with E-state index in [2.05, 4.69) is 20.3 Å². The summed E-state index contributed by atoms with van der Waals surface area (Å²) in [5.41, 5.74) is -0.124. The van der Waals surface area contributed by atoms with Crippen LogP contribution in [0.4, 0.5) is 17.6 Å². The molecule has 12 heteroatoms. The molecule has 35 heavy (non-hydrogen) atoms. The molecule has 7 nitrogen and oxygen atoms in total. The Labute approximate surface area is 205 Å². The predicted octanol–water partition coefficient (Wildman–Crippen LogP) is 3.46. The number of amides is 1. The minimum Gasteiger partial charge on any atom is -0.464 e. The van der Waals surface area contributed by atoms with Crippen molar-refractivity contribution in [1.29, 1.82) is 0 Å². The Morgan fingerprint density at radius 2 is 2.06 bits per heavy atom. The molecule has 2 aromatic heterocycles. The molecule has 1 fully saturated rings. The third kappa shape index (κ3) is 7.16. The monoisotopic (exact) mass is 517 g/mol. The van der Waals surface area contributed by atoms with Gasteiger partial charge in [0.25, 0.3) is 11.6 Å². The lowest BCUT2D eigenvalue weighted by Crippen LogP contribution is -2.43. The quantitative estimate of drug-likeness (QED) is 0.516. The molecule has 0 saturated heterocycles. The van der Waals surface area contributed by atoms with Crippen molar-refractivity contribution in [1.82, 2.24) is 25.0 Å². The number of hydrogen-bond donors (Lipinski definition) is 1. The van der Waals surface area contributed by atoms with E-state index >= 15 is 4.39 Å². The van der Waals surface area contributed by atoms with Gasteiger partial charge in [-0.05, 0) is 38.5 Å². The van der Waals surface area contributed by atoms with E-state index in [-0.39, 0.29) is 23.9 Å². The largest absolute Gasteiger partial charge is 0.464 e. The minimum absolute atomic E-state index is 0.0773. The van der Waals surface area contributed by atoms with Crippen LogP contribution in [0.1, 0.15) is 48.2 Å². The van der Waals surface area contributed by atoms with Gasteiger partial charge in [0.05, 0.1) is 12.1 Å². The van der Waals surface area contributed by atoms with Gasteiger partial charge in [-0.3, -0.25) is 9.48 Å². The molecular formula is C23H31F4N5O2S. The van der Waals surface area contributed by atoms with Crippen LogP contribution in [0.25, 0.3) is 0 Å². The summed E-state index contributed by atoms with van der Waals surface area (Å²) >= 11 is 1.32. The Morgan fingerprint density at radius 3 is 2.74 bits per heavy atom. The van der Waals surface area contributed by atoms with Gasteiger partial charge in [0.15, 0.2) is 6.61 Å². The van der Waals surface area contributed by atoms with Crippen LogP contribution in [0.15, 0.2) is 6.20 Å². The van der Waals surface area contributed by atoms with E-state index in [1.807, 2.05) is 0 Å². The highest BCUT2D eigenvalue weighted by Gasteiger charge is 2.36. The van der Waals surface area contributed by atoms with Crippen LogP contribution in [-0.2, 0) is 31.1 Å². The number of nitrogens with zero attached hydrogens (tertiary/aromatic N) is 4. The van der Waals surface area contributed by atoms with Crippen LogP contribution in [0.3, 0.4) is 0 Å². The number of carbonyl (C=O) groups is 1. The van der Waals surface area contributed by atoms with Crippen molar-refractivity contribution in [3.05, 3.63) is 28.3 Å². The third-order valence-electron chi connectivity index (χ3n) is 6.74. The maximum atomic E-state index is 15.5. The first-order valence-corrected chi connectivity index (χ1v) is 12.8. The molecule has 2 aromatic rings. The SMILES string of the molecule is Cn1cc(CC(=O)NC2CCC(F)(CCN3CCc4nc(OCC(F)F)sc4CC3)CC2)c(F)n1. The standard InChI is InChI=1S/C23H31F4N5O2S/c1-31-13-15(21(26)30-31)12-20(33)28-16-2-6-23(27,7-3-16)8-11-32-9-4-17-18(5-10-32)35-22(29-17)34-14-19(24)25/h13,16,19H,2-12,14H2,1H3,(H,28,33). The van der Waals surface area contributed by atoms with Crippen molar-refractivity contribution in [2.75, 3.05) is 26.2 Å². The zero-order chi connectivity index (χ0) is 25.0. The zero-order valence-electron chi connectivity index (χ0n) is 19.7. The van der Waals surface area contributed by atoms with Gasteiger partial charge in [0.1, 0.15) is 5.67 Å². The van der Waals surface area contributed by atoms with Crippen LogP contribution in [-0.4, -0.2) is 69.9 Å². The van der Waals surface area contributed by atoms with Gasteiger partial charge < -0.3 is 15.0 Å². The molecule has 1 aliphatic carbocycles. The first kappa shape index (κ1) is 25.9. The maximum Gasteiger partial charge on any atom is 0.273 e. The maximum absolute atomic E-state index is 15.5. The summed E-state index contributed by atoms with van der Waals surface area (Å²) < 4.78 is 60.2. The highest BCUT2D eigenvalue weighted by Crippen LogP contribution is 2.35. The van der Waals surface area contributed by atoms with Crippen LogP contribution >= 0.6 is 11.3 Å². The summed E-state index contributed by atoms with van der Waals surface area (Å²) in [7, 11) is 1.60. The summed E-state index contributed by atoms with van der Waals surface area (Å²) in [4.78, 5) is 19.9. The lowest BCUT2D eigenvalue weighted by molar-refractivity contribution is -0.121. The fourth-order valence-corrected chi connectivity index (χ4v) is 5.73. The van der Waals surface area contributed by atoms with E-state index < -0.39 is 24.6 Å². The number of nitrogens with one attached hydrogen (secondary N) is 1. The number of rotatable bonds is 9. The zero-order valence-corrected chi connectivity index (χ0v) is 20.6. The Bertz CT molecular complexity index is 981. The van der Waals surface area contributed by atoms with E-state index in [0.29, 0.717) is 50.3 Å². The van der Waals surface area contributed by atoms with Crippen molar-refractivity contribution in [3.8, 4) is 5.19 Å². The van der Waals surface area contributed by atoms with Crippen LogP contribution in [0.5, 0.6) is 5.19 Å². The number of fused-ring (bicyclic) bond motifs is 1. The molecule has 1 amide bonds. The second-order valence-corrected chi connectivity index (χ2v) is 10.5. The van der Waals surface area contributed by atoms with Crippen molar-refractivity contribution in [3.63, 3.8) is 0 Å². The van der Waals surface area contributed by atoms with Gasteiger partial charge in [-0.2, -0.15) is 4.39 Å². The van der Waals surface area contributed by atoms with E-state index in [1.54, 1.807) is 7.05 Å². The normalized spacial score (nSPS) is 23.2. The molecule has 2 aliphatic rings. The number of hydrogen-bond acceptors (Lipinski definition) is 6. The Balaban J connectivity index is 1.17. The lowest BCUT2D eigenvalue weighted by atomic mass is 9.81. The summed E-state index contributed by atoms with van der Waals surface area (Å²) in [5, 5.41) is 6.80. The molecule has 194 valence electrons. The molecule has 0 atom stereocenters. The average molecular weight is 518 g/mol. The number of ether oxygens (including phenoxy) is 1. The Kier molecular flexibility index (Phi) is 8.31. The highest BCUT2D eigenvalue weighted by atomic mass is 32.1. The van der Waals surface area contributed by atoms with Crippen molar-refractivity contribution in [2.24, 2.45) is 7.05 Å². The van der Waals surface area contributed by atoms with Gasteiger partial charge >= 0.3 is 0 Å². The molecule has 1 saturated carbocycles. The molecule has 1 aliphatic heterocycles. The molecule has 0 aromatic carbocycles. The minimum atomic E-state index is -2.52. The van der Waals surface area contributed by atoms with Crippen LogP contribution in [0, 0.1) is 5.95 Å². The number of aryl methyl sites for hydroxylation is 1.